The zero-order chi connectivity index (χ0) is 25.4. The van der Waals surface area contributed by atoms with Gasteiger partial charge in [-0.3, -0.25) is 4.79 Å². The molecule has 0 unspecified atom stereocenters. The van der Waals surface area contributed by atoms with E-state index in [4.69, 9.17) is 4.74 Å². The van der Waals surface area contributed by atoms with Crippen LogP contribution in [-0.4, -0.2) is 42.6 Å². The molecule has 0 saturated heterocycles. The van der Waals surface area contributed by atoms with Crippen molar-refractivity contribution in [1.29, 1.82) is 5.26 Å². The minimum Gasteiger partial charge on any atom is -0.461 e. The van der Waals surface area contributed by atoms with E-state index in [0.717, 1.165) is 64.2 Å². The number of nitriles is 1. The molecule has 35 heavy (non-hydrogen) atoms. The van der Waals surface area contributed by atoms with Gasteiger partial charge in [-0.1, -0.05) is 66.2 Å². The van der Waals surface area contributed by atoms with Gasteiger partial charge in [0, 0.05) is 17.5 Å². The number of carbonyl (C=O) groups is 1. The van der Waals surface area contributed by atoms with Gasteiger partial charge in [0.1, 0.15) is 12.0 Å². The van der Waals surface area contributed by atoms with Gasteiger partial charge in [-0.25, -0.2) is 8.42 Å². The Morgan fingerprint density at radius 2 is 1.54 bits per heavy atom. The van der Waals surface area contributed by atoms with Crippen LogP contribution in [0.2, 0.25) is 0 Å². The van der Waals surface area contributed by atoms with Gasteiger partial charge in [0.2, 0.25) is 10.0 Å². The number of nitrogens with zero attached hydrogens (tertiary/aromatic N) is 2. The van der Waals surface area contributed by atoms with E-state index in [1.165, 1.54) is 12.8 Å². The van der Waals surface area contributed by atoms with Crippen LogP contribution in [0.15, 0.2) is 0 Å². The fraction of sp³-hybridized carbons (Fsp3) is 0.929. The van der Waals surface area contributed by atoms with Crippen molar-refractivity contribution in [2.45, 2.75) is 129 Å². The van der Waals surface area contributed by atoms with Crippen molar-refractivity contribution in [2.24, 2.45) is 28.6 Å². The molecule has 0 aliphatic heterocycles. The van der Waals surface area contributed by atoms with Gasteiger partial charge in [-0.2, -0.15) is 9.57 Å². The van der Waals surface area contributed by atoms with Crippen LogP contribution in [-0.2, 0) is 19.6 Å². The third kappa shape index (κ3) is 4.91. The first-order valence-corrected chi connectivity index (χ1v) is 15.8. The van der Waals surface area contributed by atoms with Crippen molar-refractivity contribution >= 4 is 16.0 Å². The summed E-state index contributed by atoms with van der Waals surface area (Å²) >= 11 is 0. The van der Waals surface area contributed by atoms with E-state index in [0.29, 0.717) is 12.3 Å². The van der Waals surface area contributed by atoms with Crippen LogP contribution in [0.3, 0.4) is 0 Å². The fourth-order valence-corrected chi connectivity index (χ4v) is 10.8. The standard InChI is InChI=1S/C28H46N2O4S/c1-20(2)24(18-29)26(31)34-25-17-21-15-16-28(25,27(21,3)4)19-35(32,33)30(22-11-7-5-8-12-22)23-13-9-6-10-14-23/h20-25H,5-17,19H2,1-4H3/t21-,24-,25-,28-/m1/s1. The van der Waals surface area contributed by atoms with E-state index in [1.807, 2.05) is 18.2 Å². The Balaban J connectivity index is 1.64. The molecule has 2 bridgehead atoms. The van der Waals surface area contributed by atoms with Crippen LogP contribution >= 0.6 is 0 Å². The molecular weight excluding hydrogens is 460 g/mol. The maximum atomic E-state index is 14.4. The van der Waals surface area contributed by atoms with Crippen LogP contribution in [0, 0.1) is 39.9 Å². The van der Waals surface area contributed by atoms with Gasteiger partial charge in [-0.05, 0) is 62.2 Å². The Kier molecular flexibility index (Phi) is 7.94. The monoisotopic (exact) mass is 506 g/mol. The number of hydrogen-bond donors (Lipinski definition) is 0. The molecule has 0 aromatic rings. The molecule has 0 N–H and O–H groups in total. The van der Waals surface area contributed by atoms with E-state index in [9.17, 15) is 18.5 Å². The van der Waals surface area contributed by atoms with Crippen molar-refractivity contribution in [3.05, 3.63) is 0 Å². The molecule has 4 aliphatic rings. The molecular formula is C28H46N2O4S. The van der Waals surface area contributed by atoms with E-state index in [-0.39, 0.29) is 29.2 Å². The molecule has 0 aromatic heterocycles. The molecule has 0 amide bonds. The Morgan fingerprint density at radius 1 is 1.00 bits per heavy atom. The third-order valence-electron chi connectivity index (χ3n) is 10.3. The predicted octanol–water partition coefficient (Wildman–Crippen LogP) is 5.82. The van der Waals surface area contributed by atoms with E-state index < -0.39 is 33.4 Å². The highest BCUT2D eigenvalue weighted by molar-refractivity contribution is 7.89. The van der Waals surface area contributed by atoms with Crippen LogP contribution in [0.5, 0.6) is 0 Å². The Bertz CT molecular complexity index is 894. The number of carbonyl (C=O) groups excluding carboxylic acids is 1. The van der Waals surface area contributed by atoms with E-state index in [2.05, 4.69) is 19.9 Å². The lowest BCUT2D eigenvalue weighted by Crippen LogP contribution is -2.54. The highest BCUT2D eigenvalue weighted by atomic mass is 32.2. The lowest BCUT2D eigenvalue weighted by molar-refractivity contribution is -0.161. The van der Waals surface area contributed by atoms with Crippen molar-refractivity contribution in [2.75, 3.05) is 5.75 Å². The summed E-state index contributed by atoms with van der Waals surface area (Å²) < 4.78 is 36.9. The first-order chi connectivity index (χ1) is 16.5. The van der Waals surface area contributed by atoms with Crippen LogP contribution in [0.1, 0.15) is 111 Å². The van der Waals surface area contributed by atoms with Crippen molar-refractivity contribution in [3.63, 3.8) is 0 Å². The second kappa shape index (κ2) is 10.3. The summed E-state index contributed by atoms with van der Waals surface area (Å²) in [6, 6.07) is 2.33. The second-order valence-corrected chi connectivity index (χ2v) is 14.7. The number of hydrogen-bond acceptors (Lipinski definition) is 5. The summed E-state index contributed by atoms with van der Waals surface area (Å²) in [6.45, 7) is 8.08. The average molecular weight is 507 g/mol. The van der Waals surface area contributed by atoms with Crippen molar-refractivity contribution < 1.29 is 17.9 Å². The molecule has 0 aromatic carbocycles. The maximum Gasteiger partial charge on any atom is 0.323 e. The maximum absolute atomic E-state index is 14.4. The zero-order valence-corrected chi connectivity index (χ0v) is 23.1. The molecule has 6 nitrogen and oxygen atoms in total. The topological polar surface area (TPSA) is 87.5 Å². The molecule has 4 aliphatic carbocycles. The molecule has 0 heterocycles. The van der Waals surface area contributed by atoms with E-state index >= 15 is 0 Å². The van der Waals surface area contributed by atoms with Gasteiger partial charge in [0.05, 0.1) is 11.8 Å². The highest BCUT2D eigenvalue weighted by Crippen LogP contribution is 2.67. The number of fused-ring (bicyclic) bond motifs is 2. The fourth-order valence-electron chi connectivity index (χ4n) is 8.02. The van der Waals surface area contributed by atoms with Gasteiger partial charge in [-0.15, -0.1) is 0 Å². The molecule has 4 atom stereocenters. The molecule has 0 radical (unpaired) electrons. The second-order valence-electron chi connectivity index (χ2n) is 12.8. The van der Waals surface area contributed by atoms with Gasteiger partial charge < -0.3 is 4.74 Å². The van der Waals surface area contributed by atoms with E-state index in [1.54, 1.807) is 0 Å². The Labute approximate surface area is 213 Å². The smallest absolute Gasteiger partial charge is 0.323 e. The lowest BCUT2D eigenvalue weighted by atomic mass is 9.69. The quantitative estimate of drug-likeness (QED) is 0.387. The highest BCUT2D eigenvalue weighted by Gasteiger charge is 2.67. The van der Waals surface area contributed by atoms with Crippen LogP contribution in [0.4, 0.5) is 0 Å². The van der Waals surface area contributed by atoms with Crippen molar-refractivity contribution in [3.8, 4) is 6.07 Å². The average Bonchev–Trinajstić information content (AvgIpc) is 3.15. The molecule has 0 spiro atoms. The van der Waals surface area contributed by atoms with Crippen LogP contribution < -0.4 is 0 Å². The van der Waals surface area contributed by atoms with Gasteiger partial charge >= 0.3 is 5.97 Å². The number of rotatable bonds is 8. The SMILES string of the molecule is CC(C)[C@@H](C#N)C(=O)O[C@@H]1C[C@H]2CC[C@]1(CS(=O)(=O)N(C1CCCCC1)C1CCCCC1)C2(C)C. The number of esters is 1. The number of ether oxygens (including phenoxy) is 1. The molecule has 4 saturated carbocycles. The minimum atomic E-state index is -3.55. The van der Waals surface area contributed by atoms with Gasteiger partial charge in [0.15, 0.2) is 0 Å². The first-order valence-electron chi connectivity index (χ1n) is 14.1. The van der Waals surface area contributed by atoms with Crippen molar-refractivity contribution in [1.82, 2.24) is 4.31 Å². The lowest BCUT2D eigenvalue weighted by Gasteiger charge is -2.46. The molecule has 198 valence electrons. The van der Waals surface area contributed by atoms with Gasteiger partial charge in [0.25, 0.3) is 0 Å². The molecule has 4 rings (SSSR count). The summed E-state index contributed by atoms with van der Waals surface area (Å²) in [5, 5.41) is 9.53. The normalized spacial score (nSPS) is 32.6. The third-order valence-corrected chi connectivity index (χ3v) is 12.4. The summed E-state index contributed by atoms with van der Waals surface area (Å²) in [4.78, 5) is 13.0. The largest absolute Gasteiger partial charge is 0.461 e. The minimum absolute atomic E-state index is 0.0628. The number of sulfonamides is 1. The zero-order valence-electron chi connectivity index (χ0n) is 22.3. The molecule has 7 heteroatoms. The summed E-state index contributed by atoms with van der Waals surface area (Å²) in [6.07, 6.45) is 12.7. The molecule has 4 fully saturated rings. The Morgan fingerprint density at radius 3 is 2.00 bits per heavy atom. The summed E-state index contributed by atoms with van der Waals surface area (Å²) in [7, 11) is -3.55. The first kappa shape index (κ1) is 26.9. The summed E-state index contributed by atoms with van der Waals surface area (Å²) in [5.74, 6) is -1.02. The Hall–Kier alpha value is -1.13. The predicted molar refractivity (Wildman–Crippen MR) is 137 cm³/mol. The summed E-state index contributed by atoms with van der Waals surface area (Å²) in [5.41, 5.74) is -0.819. The van der Waals surface area contributed by atoms with Crippen LogP contribution in [0.25, 0.3) is 0 Å².